The molecule has 0 amide bonds. The van der Waals surface area contributed by atoms with E-state index in [0.717, 1.165) is 18.4 Å². The molecule has 0 radical (unpaired) electrons. The molecule has 114 valence electrons. The van der Waals surface area contributed by atoms with E-state index in [1.807, 2.05) is 6.92 Å². The first-order valence-electron chi connectivity index (χ1n) is 6.09. The highest BCUT2D eigenvalue weighted by atomic mass is 127. The van der Waals surface area contributed by atoms with Crippen LogP contribution in [0.25, 0.3) is 11.2 Å². The summed E-state index contributed by atoms with van der Waals surface area (Å²) in [5.41, 5.74) is 7.86. The van der Waals surface area contributed by atoms with Gasteiger partial charge in [0.25, 0.3) is 0 Å². The Balaban J connectivity index is 2.18. The van der Waals surface area contributed by atoms with Crippen molar-refractivity contribution in [1.82, 2.24) is 24.5 Å². The first-order valence-corrected chi connectivity index (χ1v) is 8.63. The second-order valence-corrected chi connectivity index (χ2v) is 7.18. The molecule has 3 rings (SSSR count). The third-order valence-electron chi connectivity index (χ3n) is 3.21. The van der Waals surface area contributed by atoms with Crippen molar-refractivity contribution >= 4 is 73.9 Å². The molecule has 0 saturated carbocycles. The molecule has 10 heteroatoms. The minimum atomic E-state index is -0.327. The minimum absolute atomic E-state index is 0.0205. The number of rotatable bonds is 2. The van der Waals surface area contributed by atoms with Gasteiger partial charge in [-0.25, -0.2) is 4.79 Å². The average molecular weight is 543 g/mol. The van der Waals surface area contributed by atoms with Crippen molar-refractivity contribution in [3.63, 3.8) is 0 Å². The molecule has 0 unspecified atom stereocenters. The van der Waals surface area contributed by atoms with Crippen molar-refractivity contribution < 1.29 is 0 Å². The molecule has 3 N–H and O–H groups in total. The van der Waals surface area contributed by atoms with Gasteiger partial charge in [-0.3, -0.25) is 9.55 Å². The SMILES string of the molecule is Cc1c(Cn2c(=O)[nH]c3c(Cl)nc(N)nc32)ncc(I)c1I. The highest BCUT2D eigenvalue weighted by molar-refractivity contribution is 14.1. The summed E-state index contributed by atoms with van der Waals surface area (Å²) in [7, 11) is 0. The standard InChI is InChI=1S/C12H9ClI2N6O/c1-4-6(17-2-5(14)7(4)15)3-21-10-8(18-12(21)22)9(13)19-11(16)20-10/h2H,3H2,1H3,(H,18,22)(H2,16,19,20). The number of nitrogens with two attached hydrogens (primary N) is 1. The predicted molar refractivity (Wildman–Crippen MR) is 101 cm³/mol. The Kier molecular flexibility index (Phi) is 4.29. The number of imidazole rings is 1. The molecule has 0 saturated heterocycles. The molecule has 0 aliphatic heterocycles. The molecule has 0 atom stereocenters. The third kappa shape index (κ3) is 2.69. The average Bonchev–Trinajstić information content (AvgIpc) is 2.76. The maximum atomic E-state index is 12.2. The van der Waals surface area contributed by atoms with Crippen molar-refractivity contribution in [3.8, 4) is 0 Å². The van der Waals surface area contributed by atoms with Gasteiger partial charge in [0, 0.05) is 13.3 Å². The second kappa shape index (κ2) is 5.92. The number of fused-ring (bicyclic) bond motifs is 1. The number of anilines is 1. The molecule has 0 bridgehead atoms. The van der Waals surface area contributed by atoms with E-state index < -0.39 is 0 Å². The summed E-state index contributed by atoms with van der Waals surface area (Å²) in [6.07, 6.45) is 1.78. The van der Waals surface area contributed by atoms with Gasteiger partial charge in [0.15, 0.2) is 10.8 Å². The van der Waals surface area contributed by atoms with Crippen molar-refractivity contribution in [2.24, 2.45) is 0 Å². The fourth-order valence-electron chi connectivity index (χ4n) is 2.06. The van der Waals surface area contributed by atoms with E-state index in [2.05, 4.69) is 65.1 Å². The van der Waals surface area contributed by atoms with E-state index in [0.29, 0.717) is 11.2 Å². The Morgan fingerprint density at radius 3 is 2.86 bits per heavy atom. The molecular weight excluding hydrogens is 533 g/mol. The van der Waals surface area contributed by atoms with E-state index in [9.17, 15) is 4.79 Å². The van der Waals surface area contributed by atoms with E-state index in [-0.39, 0.29) is 23.3 Å². The van der Waals surface area contributed by atoms with Crippen LogP contribution >= 0.6 is 56.8 Å². The summed E-state index contributed by atoms with van der Waals surface area (Å²) in [4.78, 5) is 27.2. The number of nitrogen functional groups attached to an aromatic ring is 1. The zero-order chi connectivity index (χ0) is 16.0. The van der Waals surface area contributed by atoms with Crippen LogP contribution in [-0.4, -0.2) is 24.5 Å². The van der Waals surface area contributed by atoms with Gasteiger partial charge in [0.05, 0.1) is 12.2 Å². The maximum Gasteiger partial charge on any atom is 0.328 e. The normalized spacial score (nSPS) is 11.3. The summed E-state index contributed by atoms with van der Waals surface area (Å²) in [5.74, 6) is 0.0205. The number of aromatic amines is 1. The van der Waals surface area contributed by atoms with Gasteiger partial charge in [0.1, 0.15) is 5.52 Å². The van der Waals surface area contributed by atoms with Crippen LogP contribution in [-0.2, 0) is 6.54 Å². The molecule has 0 aliphatic carbocycles. The van der Waals surface area contributed by atoms with Crippen LogP contribution in [0.3, 0.4) is 0 Å². The number of hydrogen-bond acceptors (Lipinski definition) is 5. The van der Waals surface area contributed by atoms with Crippen LogP contribution in [0.5, 0.6) is 0 Å². The summed E-state index contributed by atoms with van der Waals surface area (Å²) >= 11 is 10.5. The fraction of sp³-hybridized carbons (Fsp3) is 0.167. The fourth-order valence-corrected chi connectivity index (χ4v) is 3.27. The lowest BCUT2D eigenvalue weighted by Crippen LogP contribution is -2.19. The van der Waals surface area contributed by atoms with Crippen LogP contribution in [0.15, 0.2) is 11.0 Å². The highest BCUT2D eigenvalue weighted by Gasteiger charge is 2.16. The summed E-state index contributed by atoms with van der Waals surface area (Å²) in [5, 5.41) is 0.125. The lowest BCUT2D eigenvalue weighted by molar-refractivity contribution is 0.749. The Bertz CT molecular complexity index is 951. The number of hydrogen-bond donors (Lipinski definition) is 2. The van der Waals surface area contributed by atoms with E-state index >= 15 is 0 Å². The molecule has 3 heterocycles. The number of pyridine rings is 1. The number of aromatic nitrogens is 5. The zero-order valence-electron chi connectivity index (χ0n) is 11.2. The second-order valence-electron chi connectivity index (χ2n) is 4.58. The van der Waals surface area contributed by atoms with E-state index in [4.69, 9.17) is 17.3 Å². The van der Waals surface area contributed by atoms with Crippen LogP contribution in [0.2, 0.25) is 5.15 Å². The van der Waals surface area contributed by atoms with E-state index in [1.54, 1.807) is 6.20 Å². The van der Waals surface area contributed by atoms with Gasteiger partial charge in [0.2, 0.25) is 5.95 Å². The van der Waals surface area contributed by atoms with Gasteiger partial charge in [-0.2, -0.15) is 9.97 Å². The summed E-state index contributed by atoms with van der Waals surface area (Å²) < 4.78 is 3.64. The molecule has 3 aromatic heterocycles. The van der Waals surface area contributed by atoms with E-state index in [1.165, 1.54) is 4.57 Å². The van der Waals surface area contributed by atoms with Crippen LogP contribution in [0, 0.1) is 14.1 Å². The van der Waals surface area contributed by atoms with Crippen LogP contribution in [0.1, 0.15) is 11.3 Å². The molecule has 7 nitrogen and oxygen atoms in total. The molecular formula is C12H9ClI2N6O. The Morgan fingerprint density at radius 2 is 2.14 bits per heavy atom. The van der Waals surface area contributed by atoms with Crippen molar-refractivity contribution in [3.05, 3.63) is 40.2 Å². The molecule has 0 spiro atoms. The molecule has 0 aromatic carbocycles. The Hall–Kier alpha value is -0.950. The van der Waals surface area contributed by atoms with Gasteiger partial charge in [-0.15, -0.1) is 0 Å². The van der Waals surface area contributed by atoms with Crippen molar-refractivity contribution in [1.29, 1.82) is 0 Å². The topological polar surface area (TPSA) is 102 Å². The third-order valence-corrected chi connectivity index (χ3v) is 6.72. The van der Waals surface area contributed by atoms with Gasteiger partial charge < -0.3 is 10.7 Å². The number of H-pyrrole nitrogens is 1. The van der Waals surface area contributed by atoms with Gasteiger partial charge >= 0.3 is 5.69 Å². The maximum absolute atomic E-state index is 12.2. The van der Waals surface area contributed by atoms with Gasteiger partial charge in [-0.1, -0.05) is 11.6 Å². The zero-order valence-corrected chi connectivity index (χ0v) is 16.3. The predicted octanol–water partition coefficient (Wildman–Crippen LogP) is 2.32. The lowest BCUT2D eigenvalue weighted by atomic mass is 10.2. The Morgan fingerprint density at radius 1 is 1.41 bits per heavy atom. The van der Waals surface area contributed by atoms with Crippen LogP contribution in [0.4, 0.5) is 5.95 Å². The summed E-state index contributed by atoms with van der Waals surface area (Å²) in [6, 6.07) is 0. The number of halogens is 3. The monoisotopic (exact) mass is 542 g/mol. The molecule has 0 aliphatic rings. The van der Waals surface area contributed by atoms with Crippen molar-refractivity contribution in [2.45, 2.75) is 13.5 Å². The minimum Gasteiger partial charge on any atom is -0.368 e. The quantitative estimate of drug-likeness (QED) is 0.382. The largest absolute Gasteiger partial charge is 0.368 e. The molecule has 22 heavy (non-hydrogen) atoms. The molecule has 3 aromatic rings. The number of nitrogens with one attached hydrogen (secondary N) is 1. The highest BCUT2D eigenvalue weighted by Crippen LogP contribution is 2.22. The Labute approximate surface area is 157 Å². The van der Waals surface area contributed by atoms with Crippen molar-refractivity contribution in [2.75, 3.05) is 5.73 Å². The summed E-state index contributed by atoms with van der Waals surface area (Å²) in [6.45, 7) is 2.26. The number of nitrogens with zero attached hydrogens (tertiary/aromatic N) is 4. The smallest absolute Gasteiger partial charge is 0.328 e. The van der Waals surface area contributed by atoms with Crippen LogP contribution < -0.4 is 11.4 Å². The first-order chi connectivity index (χ1) is 10.4. The van der Waals surface area contributed by atoms with Gasteiger partial charge in [-0.05, 0) is 57.7 Å². The first kappa shape index (κ1) is 15.9. The molecule has 0 fully saturated rings. The lowest BCUT2D eigenvalue weighted by Gasteiger charge is -2.09.